The molecule has 2 aliphatic carbocycles. The summed E-state index contributed by atoms with van der Waals surface area (Å²) >= 11 is 1.51. The molecule has 23 heavy (non-hydrogen) atoms. The van der Waals surface area contributed by atoms with E-state index in [0.717, 1.165) is 22.6 Å². The van der Waals surface area contributed by atoms with Gasteiger partial charge in [0.2, 0.25) is 11.8 Å². The summed E-state index contributed by atoms with van der Waals surface area (Å²) in [5, 5.41) is 3.75. The Morgan fingerprint density at radius 3 is 3.00 bits per heavy atom. The molecular formula is C17H21N3O2S. The molecule has 1 unspecified atom stereocenters. The van der Waals surface area contributed by atoms with Crippen LogP contribution in [0.2, 0.25) is 0 Å². The van der Waals surface area contributed by atoms with Crippen LogP contribution in [-0.2, 0) is 9.54 Å². The Morgan fingerprint density at radius 1 is 1.43 bits per heavy atom. The number of aromatic nitrogens is 1. The zero-order valence-electron chi connectivity index (χ0n) is 13.4. The molecule has 2 bridgehead atoms. The van der Waals surface area contributed by atoms with E-state index in [4.69, 9.17) is 9.73 Å². The van der Waals surface area contributed by atoms with Crippen LogP contribution in [0, 0.1) is 11.8 Å². The lowest BCUT2D eigenvalue weighted by atomic mass is 9.96. The maximum atomic E-state index is 12.6. The number of aliphatic imine (C=N–C) groups is 1. The highest BCUT2D eigenvalue weighted by Crippen LogP contribution is 2.47. The number of thioether (sulfide) groups is 1. The van der Waals surface area contributed by atoms with Crippen LogP contribution in [0.5, 0.6) is 5.88 Å². The Morgan fingerprint density at radius 2 is 2.30 bits per heavy atom. The van der Waals surface area contributed by atoms with Crippen molar-refractivity contribution in [1.29, 1.82) is 0 Å². The molecule has 1 N–H and O–H groups in total. The Balaban J connectivity index is 1.57. The topological polar surface area (TPSA) is 63.6 Å². The highest BCUT2D eigenvalue weighted by molar-refractivity contribution is 8.15. The molecule has 122 valence electrons. The summed E-state index contributed by atoms with van der Waals surface area (Å²) in [6.07, 6.45) is 6.84. The van der Waals surface area contributed by atoms with Gasteiger partial charge in [-0.15, -0.1) is 0 Å². The second-order valence-electron chi connectivity index (χ2n) is 6.85. The summed E-state index contributed by atoms with van der Waals surface area (Å²) in [7, 11) is 1.58. The maximum Gasteiger partial charge on any atom is 0.246 e. The second-order valence-corrected chi connectivity index (χ2v) is 8.26. The molecule has 6 heteroatoms. The van der Waals surface area contributed by atoms with E-state index < -0.39 is 4.75 Å². The molecule has 2 heterocycles. The van der Waals surface area contributed by atoms with E-state index in [-0.39, 0.29) is 5.91 Å². The third kappa shape index (κ3) is 2.53. The highest BCUT2D eigenvalue weighted by Gasteiger charge is 2.46. The van der Waals surface area contributed by atoms with Gasteiger partial charge in [-0.1, -0.05) is 18.2 Å². The van der Waals surface area contributed by atoms with Gasteiger partial charge in [0.05, 0.1) is 13.2 Å². The fraction of sp³-hybridized carbons (Fsp3) is 0.588. The van der Waals surface area contributed by atoms with Gasteiger partial charge in [0.25, 0.3) is 0 Å². The van der Waals surface area contributed by atoms with Gasteiger partial charge in [0.15, 0.2) is 5.17 Å². The first-order valence-corrected chi connectivity index (χ1v) is 8.99. The minimum Gasteiger partial charge on any atom is -0.481 e. The zero-order valence-corrected chi connectivity index (χ0v) is 14.2. The van der Waals surface area contributed by atoms with Crippen LogP contribution in [0.15, 0.2) is 23.3 Å². The molecule has 3 fully saturated rings. The molecular weight excluding hydrogens is 310 g/mol. The minimum atomic E-state index is -0.674. The largest absolute Gasteiger partial charge is 0.481 e. The number of nitrogens with one attached hydrogen (secondary N) is 1. The normalized spacial score (nSPS) is 37.4. The average Bonchev–Trinajstić information content (AvgIpc) is 3.24. The van der Waals surface area contributed by atoms with Gasteiger partial charge < -0.3 is 10.1 Å². The van der Waals surface area contributed by atoms with E-state index in [0.29, 0.717) is 11.9 Å². The second kappa shape index (κ2) is 5.51. The molecule has 1 amide bonds. The first-order valence-electron chi connectivity index (χ1n) is 8.17. The summed E-state index contributed by atoms with van der Waals surface area (Å²) in [6.45, 7) is 1.94. The van der Waals surface area contributed by atoms with E-state index >= 15 is 0 Å². The first-order chi connectivity index (χ1) is 11.1. The monoisotopic (exact) mass is 331 g/mol. The number of nitrogens with zero attached hydrogens (tertiary/aromatic N) is 2. The van der Waals surface area contributed by atoms with Crippen LogP contribution in [0.4, 0.5) is 0 Å². The van der Waals surface area contributed by atoms with Gasteiger partial charge in [-0.25, -0.2) is 4.98 Å². The molecule has 0 aromatic carbocycles. The number of hydrogen-bond acceptors (Lipinski definition) is 5. The molecule has 3 aliphatic rings. The lowest BCUT2D eigenvalue weighted by Crippen LogP contribution is -2.32. The van der Waals surface area contributed by atoms with E-state index in [1.807, 2.05) is 19.1 Å². The Bertz CT molecular complexity index is 678. The van der Waals surface area contributed by atoms with Crippen LogP contribution in [0.25, 0.3) is 0 Å². The van der Waals surface area contributed by atoms with Gasteiger partial charge in [-0.2, -0.15) is 0 Å². The summed E-state index contributed by atoms with van der Waals surface area (Å²) in [5.41, 5.74) is 0.894. The van der Waals surface area contributed by atoms with Gasteiger partial charge in [0.1, 0.15) is 4.75 Å². The molecule has 2 saturated carbocycles. The number of hydrogen-bond donors (Lipinski definition) is 1. The van der Waals surface area contributed by atoms with Crippen molar-refractivity contribution in [1.82, 2.24) is 10.3 Å². The molecule has 1 aromatic rings. The summed E-state index contributed by atoms with van der Waals surface area (Å²) in [6, 6.07) is 4.09. The fourth-order valence-corrected chi connectivity index (χ4v) is 5.17. The molecule has 0 radical (unpaired) electrons. The third-order valence-electron chi connectivity index (χ3n) is 5.43. The molecule has 4 atom stereocenters. The van der Waals surface area contributed by atoms with E-state index in [1.54, 1.807) is 13.3 Å². The van der Waals surface area contributed by atoms with Gasteiger partial charge in [-0.05, 0) is 49.7 Å². The van der Waals surface area contributed by atoms with Crippen molar-refractivity contribution in [3.8, 4) is 5.88 Å². The summed E-state index contributed by atoms with van der Waals surface area (Å²) in [4.78, 5) is 21.6. The van der Waals surface area contributed by atoms with Crippen LogP contribution < -0.4 is 10.1 Å². The van der Waals surface area contributed by atoms with Crippen molar-refractivity contribution in [2.45, 2.75) is 43.4 Å². The first kappa shape index (κ1) is 15.0. The van der Waals surface area contributed by atoms with Crippen LogP contribution in [-0.4, -0.2) is 29.2 Å². The number of carbonyl (C=O) groups is 1. The van der Waals surface area contributed by atoms with Crippen molar-refractivity contribution in [2.24, 2.45) is 16.8 Å². The fourth-order valence-electron chi connectivity index (χ4n) is 4.07. The number of amidine groups is 1. The Kier molecular flexibility index (Phi) is 3.59. The average molecular weight is 331 g/mol. The predicted molar refractivity (Wildman–Crippen MR) is 90.5 cm³/mol. The number of rotatable bonds is 3. The standard InChI is InChI=1S/C17H21N3O2S/c1-17(12-5-6-18-14(9-12)22-2)15(21)20-16(23-17)19-13-8-10-3-4-11(13)7-10/h5-6,9-11,13H,3-4,7-8H2,1-2H3,(H,19,20,21)/t10-,11+,13+,17?/m1/s1. The molecule has 5 nitrogen and oxygen atoms in total. The van der Waals surface area contributed by atoms with Crippen molar-refractivity contribution in [2.75, 3.05) is 7.11 Å². The molecule has 0 spiro atoms. The van der Waals surface area contributed by atoms with Crippen LogP contribution in [0.1, 0.15) is 38.2 Å². The number of ether oxygens (including phenoxy) is 1. The number of carbonyl (C=O) groups excluding carboxylic acids is 1. The minimum absolute atomic E-state index is 0.0161. The van der Waals surface area contributed by atoms with Crippen LogP contribution in [0.3, 0.4) is 0 Å². The molecule has 4 rings (SSSR count). The van der Waals surface area contributed by atoms with E-state index in [9.17, 15) is 4.79 Å². The molecule has 1 aliphatic heterocycles. The smallest absolute Gasteiger partial charge is 0.246 e. The van der Waals surface area contributed by atoms with E-state index in [1.165, 1.54) is 37.4 Å². The molecule has 1 saturated heterocycles. The third-order valence-corrected chi connectivity index (χ3v) is 6.66. The summed E-state index contributed by atoms with van der Waals surface area (Å²) < 4.78 is 4.51. The quantitative estimate of drug-likeness (QED) is 0.925. The number of amides is 1. The maximum absolute atomic E-state index is 12.6. The Hall–Kier alpha value is -1.56. The van der Waals surface area contributed by atoms with Gasteiger partial charge >= 0.3 is 0 Å². The predicted octanol–water partition coefficient (Wildman–Crippen LogP) is 2.71. The number of fused-ring (bicyclic) bond motifs is 2. The SMILES string of the molecule is COc1cc(C2(C)SC(=N[C@H]3C[C@@H]4CC[C@H]3C4)NC2=O)ccn1. The number of methoxy groups -OCH3 is 1. The lowest BCUT2D eigenvalue weighted by Gasteiger charge is -2.20. The summed E-state index contributed by atoms with van der Waals surface area (Å²) in [5.74, 6) is 2.08. The van der Waals surface area contributed by atoms with Gasteiger partial charge in [-0.3, -0.25) is 9.79 Å². The van der Waals surface area contributed by atoms with Crippen molar-refractivity contribution in [3.63, 3.8) is 0 Å². The lowest BCUT2D eigenvalue weighted by molar-refractivity contribution is -0.121. The van der Waals surface area contributed by atoms with Crippen molar-refractivity contribution < 1.29 is 9.53 Å². The number of pyridine rings is 1. The Labute approximate surface area is 140 Å². The zero-order chi connectivity index (χ0) is 16.0. The van der Waals surface area contributed by atoms with Gasteiger partial charge in [0, 0.05) is 12.3 Å². The van der Waals surface area contributed by atoms with Crippen molar-refractivity contribution >= 4 is 22.8 Å². The highest BCUT2D eigenvalue weighted by atomic mass is 32.2. The molecule has 1 aromatic heterocycles. The van der Waals surface area contributed by atoms with Crippen LogP contribution >= 0.6 is 11.8 Å². The van der Waals surface area contributed by atoms with E-state index in [2.05, 4.69) is 10.3 Å². The van der Waals surface area contributed by atoms with Crippen molar-refractivity contribution in [3.05, 3.63) is 23.9 Å².